The second-order valence-corrected chi connectivity index (χ2v) is 8.62. The van der Waals surface area contributed by atoms with Crippen LogP contribution in [0.5, 0.6) is 0 Å². The predicted octanol–water partition coefficient (Wildman–Crippen LogP) is 2.48. The maximum absolute atomic E-state index is 12.6. The molecular formula is C19H17ClN2O5S. The summed E-state index contributed by atoms with van der Waals surface area (Å²) in [6, 6.07) is 11.4. The summed E-state index contributed by atoms with van der Waals surface area (Å²) >= 11 is 6.11. The smallest absolute Gasteiger partial charge is 0.256 e. The zero-order valence-corrected chi connectivity index (χ0v) is 16.4. The third kappa shape index (κ3) is 3.23. The van der Waals surface area contributed by atoms with Crippen molar-refractivity contribution >= 4 is 38.8 Å². The number of carbonyl (C=O) groups is 1. The summed E-state index contributed by atoms with van der Waals surface area (Å²) in [5.41, 5.74) is 1.89. The highest BCUT2D eigenvalue weighted by Gasteiger charge is 2.40. The van der Waals surface area contributed by atoms with Crippen LogP contribution in [-0.4, -0.2) is 34.6 Å². The molecule has 0 aromatic heterocycles. The molecule has 0 radical (unpaired) electrons. The molecule has 7 nitrogen and oxygen atoms in total. The van der Waals surface area contributed by atoms with Crippen molar-refractivity contribution in [3.8, 4) is 0 Å². The lowest BCUT2D eigenvalue weighted by Gasteiger charge is -2.25. The van der Waals surface area contributed by atoms with Crippen LogP contribution in [0, 0.1) is 0 Å². The molecule has 0 spiro atoms. The Hall–Kier alpha value is -2.23. The summed E-state index contributed by atoms with van der Waals surface area (Å²) in [5, 5.41) is 3.25. The van der Waals surface area contributed by atoms with Gasteiger partial charge in [0.1, 0.15) is 0 Å². The van der Waals surface area contributed by atoms with Gasteiger partial charge in [-0.25, -0.2) is 13.1 Å². The molecule has 0 bridgehead atoms. The van der Waals surface area contributed by atoms with Gasteiger partial charge in [0, 0.05) is 21.8 Å². The standard InChI is InChI=1S/C19H17ClN2O5S/c1-21-28(24,25)14-5-6-17-15(10-14)16(18(23)22-17)11-19(26-7-8-27-19)12-3-2-4-13(20)9-12/h2-6,9-11,21H,7-8H2,1H3,(H,22,23). The van der Waals surface area contributed by atoms with E-state index >= 15 is 0 Å². The number of amides is 1. The minimum Gasteiger partial charge on any atom is -0.340 e. The fourth-order valence-electron chi connectivity index (χ4n) is 3.25. The molecule has 0 saturated carbocycles. The summed E-state index contributed by atoms with van der Waals surface area (Å²) in [6.07, 6.45) is 1.57. The van der Waals surface area contributed by atoms with E-state index in [9.17, 15) is 13.2 Å². The van der Waals surface area contributed by atoms with Gasteiger partial charge in [-0.1, -0.05) is 23.7 Å². The van der Waals surface area contributed by atoms with E-state index in [2.05, 4.69) is 10.0 Å². The summed E-state index contributed by atoms with van der Waals surface area (Å²) < 4.78 is 38.3. The molecule has 2 heterocycles. The quantitative estimate of drug-likeness (QED) is 0.741. The van der Waals surface area contributed by atoms with E-state index in [1.165, 1.54) is 19.2 Å². The summed E-state index contributed by atoms with van der Waals surface area (Å²) in [7, 11) is -2.33. The second kappa shape index (κ2) is 6.98. The Bertz CT molecular complexity index is 1090. The first kappa shape index (κ1) is 19.1. The number of anilines is 1. The fraction of sp³-hybridized carbons (Fsp3) is 0.211. The molecule has 2 aromatic carbocycles. The zero-order valence-electron chi connectivity index (χ0n) is 14.9. The van der Waals surface area contributed by atoms with Crippen LogP contribution in [-0.2, 0) is 30.1 Å². The highest BCUT2D eigenvalue weighted by atomic mass is 35.5. The molecule has 2 aromatic rings. The SMILES string of the molecule is CNS(=O)(=O)c1ccc2c(c1)C(=CC1(c3cccc(Cl)c3)OCCO1)C(=O)N2. The van der Waals surface area contributed by atoms with Crippen LogP contribution in [0.3, 0.4) is 0 Å². The van der Waals surface area contributed by atoms with E-state index in [1.807, 2.05) is 0 Å². The molecule has 1 saturated heterocycles. The lowest BCUT2D eigenvalue weighted by Crippen LogP contribution is -2.25. The van der Waals surface area contributed by atoms with E-state index in [0.717, 1.165) is 0 Å². The zero-order chi connectivity index (χ0) is 19.9. The van der Waals surface area contributed by atoms with E-state index in [0.29, 0.717) is 35.1 Å². The molecule has 1 fully saturated rings. The van der Waals surface area contributed by atoms with Gasteiger partial charge in [-0.05, 0) is 43.5 Å². The number of ether oxygens (including phenoxy) is 2. The summed E-state index contributed by atoms with van der Waals surface area (Å²) in [4.78, 5) is 12.7. The van der Waals surface area contributed by atoms with Crippen LogP contribution in [0.15, 0.2) is 53.4 Å². The fourth-order valence-corrected chi connectivity index (χ4v) is 4.20. The topological polar surface area (TPSA) is 93.7 Å². The van der Waals surface area contributed by atoms with Gasteiger partial charge < -0.3 is 14.8 Å². The lowest BCUT2D eigenvalue weighted by molar-refractivity contribution is -0.124. The number of hydrogen-bond acceptors (Lipinski definition) is 5. The number of carbonyl (C=O) groups excluding carboxylic acids is 1. The first-order valence-electron chi connectivity index (χ1n) is 8.51. The second-order valence-electron chi connectivity index (χ2n) is 6.30. The van der Waals surface area contributed by atoms with E-state index < -0.39 is 15.8 Å². The first-order chi connectivity index (χ1) is 13.3. The lowest BCUT2D eigenvalue weighted by atomic mass is 9.99. The normalized spacial score (nSPS) is 19.6. The van der Waals surface area contributed by atoms with Crippen LogP contribution in [0.1, 0.15) is 11.1 Å². The Balaban J connectivity index is 1.86. The third-order valence-electron chi connectivity index (χ3n) is 4.63. The van der Waals surface area contributed by atoms with Crippen LogP contribution < -0.4 is 10.0 Å². The number of sulfonamides is 1. The Morgan fingerprint density at radius 3 is 2.61 bits per heavy atom. The molecule has 2 N–H and O–H groups in total. The molecule has 0 atom stereocenters. The highest BCUT2D eigenvalue weighted by molar-refractivity contribution is 7.89. The van der Waals surface area contributed by atoms with Crippen molar-refractivity contribution in [1.82, 2.24) is 4.72 Å². The van der Waals surface area contributed by atoms with Crippen molar-refractivity contribution in [2.75, 3.05) is 25.6 Å². The van der Waals surface area contributed by atoms with Crippen molar-refractivity contribution in [2.24, 2.45) is 0 Å². The van der Waals surface area contributed by atoms with Gasteiger partial charge >= 0.3 is 0 Å². The molecule has 0 unspecified atom stereocenters. The first-order valence-corrected chi connectivity index (χ1v) is 10.4. The Morgan fingerprint density at radius 1 is 1.18 bits per heavy atom. The van der Waals surface area contributed by atoms with Crippen molar-refractivity contribution < 1.29 is 22.7 Å². The summed E-state index contributed by atoms with van der Waals surface area (Å²) in [5.74, 6) is -1.65. The van der Waals surface area contributed by atoms with E-state index in [-0.39, 0.29) is 16.4 Å². The Labute approximate surface area is 167 Å². The van der Waals surface area contributed by atoms with Gasteiger partial charge in [-0.15, -0.1) is 0 Å². The minimum absolute atomic E-state index is 0.0567. The third-order valence-corrected chi connectivity index (χ3v) is 6.28. The number of rotatable bonds is 4. The van der Waals surface area contributed by atoms with Gasteiger partial charge in [-0.3, -0.25) is 4.79 Å². The Kier molecular flexibility index (Phi) is 4.76. The van der Waals surface area contributed by atoms with Crippen molar-refractivity contribution in [1.29, 1.82) is 0 Å². The van der Waals surface area contributed by atoms with Gasteiger partial charge in [0.05, 0.1) is 23.7 Å². The number of benzene rings is 2. The molecule has 146 valence electrons. The van der Waals surface area contributed by atoms with Crippen molar-refractivity contribution in [2.45, 2.75) is 10.7 Å². The van der Waals surface area contributed by atoms with Gasteiger partial charge in [0.2, 0.25) is 15.8 Å². The molecule has 4 rings (SSSR count). The molecular weight excluding hydrogens is 404 g/mol. The number of nitrogens with one attached hydrogen (secondary N) is 2. The average molecular weight is 421 g/mol. The number of hydrogen-bond donors (Lipinski definition) is 2. The average Bonchev–Trinajstić information content (AvgIpc) is 3.27. The van der Waals surface area contributed by atoms with Crippen LogP contribution in [0.25, 0.3) is 5.57 Å². The number of fused-ring (bicyclic) bond motifs is 1. The van der Waals surface area contributed by atoms with Crippen LogP contribution >= 0.6 is 11.6 Å². The van der Waals surface area contributed by atoms with Gasteiger partial charge in [-0.2, -0.15) is 0 Å². The summed E-state index contributed by atoms with van der Waals surface area (Å²) in [6.45, 7) is 0.692. The van der Waals surface area contributed by atoms with Gasteiger partial charge in [0.15, 0.2) is 0 Å². The largest absolute Gasteiger partial charge is 0.340 e. The maximum atomic E-state index is 12.6. The monoisotopic (exact) mass is 420 g/mol. The molecule has 1 amide bonds. The maximum Gasteiger partial charge on any atom is 0.256 e. The van der Waals surface area contributed by atoms with Crippen molar-refractivity contribution in [3.05, 3.63) is 64.7 Å². The molecule has 0 aliphatic carbocycles. The van der Waals surface area contributed by atoms with Gasteiger partial charge in [0.25, 0.3) is 5.91 Å². The van der Waals surface area contributed by atoms with Crippen molar-refractivity contribution in [3.63, 3.8) is 0 Å². The molecule has 2 aliphatic rings. The van der Waals surface area contributed by atoms with Crippen LogP contribution in [0.2, 0.25) is 5.02 Å². The highest BCUT2D eigenvalue weighted by Crippen LogP contribution is 2.40. The number of halogens is 1. The molecule has 28 heavy (non-hydrogen) atoms. The van der Waals surface area contributed by atoms with E-state index in [4.69, 9.17) is 21.1 Å². The molecule has 9 heteroatoms. The van der Waals surface area contributed by atoms with E-state index in [1.54, 1.807) is 36.4 Å². The predicted molar refractivity (Wildman–Crippen MR) is 104 cm³/mol. The Morgan fingerprint density at radius 2 is 1.93 bits per heavy atom. The molecule has 2 aliphatic heterocycles. The minimum atomic E-state index is -3.66. The van der Waals surface area contributed by atoms with Crippen LogP contribution in [0.4, 0.5) is 5.69 Å².